The second kappa shape index (κ2) is 6.56. The van der Waals surface area contributed by atoms with Gasteiger partial charge in [0.1, 0.15) is 5.76 Å². The number of hydrogen-bond donors (Lipinski definition) is 3. The lowest BCUT2D eigenvalue weighted by atomic mass is 9.98. The van der Waals surface area contributed by atoms with Crippen LogP contribution in [0.5, 0.6) is 0 Å². The highest BCUT2D eigenvalue weighted by molar-refractivity contribution is 5.73. The minimum absolute atomic E-state index is 0.232. The molecule has 0 aliphatic rings. The molecular weight excluding hydrogens is 246 g/mol. The van der Waals surface area contributed by atoms with Crippen molar-refractivity contribution in [1.82, 2.24) is 15.6 Å². The van der Waals surface area contributed by atoms with E-state index in [-0.39, 0.29) is 19.1 Å². The largest absolute Gasteiger partial charge is 0.444 e. The summed E-state index contributed by atoms with van der Waals surface area (Å²) in [6.07, 6.45) is 1.20. The first kappa shape index (κ1) is 15.5. The van der Waals surface area contributed by atoms with Crippen molar-refractivity contribution in [2.45, 2.75) is 52.7 Å². The molecule has 1 aromatic heterocycles. The molecule has 0 saturated heterocycles. The van der Waals surface area contributed by atoms with Crippen molar-refractivity contribution in [3.05, 3.63) is 17.3 Å². The molecule has 0 spiro atoms. The van der Waals surface area contributed by atoms with E-state index in [0.29, 0.717) is 18.7 Å². The van der Waals surface area contributed by atoms with E-state index in [0.717, 1.165) is 11.5 Å². The summed E-state index contributed by atoms with van der Waals surface area (Å²) in [5, 5.41) is 15.3. The fourth-order valence-corrected chi connectivity index (χ4v) is 1.58. The van der Waals surface area contributed by atoms with Crippen LogP contribution in [-0.4, -0.2) is 28.3 Å². The van der Waals surface area contributed by atoms with E-state index in [1.165, 1.54) is 0 Å². The van der Waals surface area contributed by atoms with Gasteiger partial charge in [0.05, 0.1) is 17.8 Å². The molecule has 1 aromatic rings. The number of rotatable bonds is 6. The Kier molecular flexibility index (Phi) is 5.35. The van der Waals surface area contributed by atoms with Crippen LogP contribution in [0.2, 0.25) is 0 Å². The Morgan fingerprint density at radius 3 is 2.42 bits per heavy atom. The molecule has 19 heavy (non-hydrogen) atoms. The van der Waals surface area contributed by atoms with E-state index in [4.69, 9.17) is 4.42 Å². The van der Waals surface area contributed by atoms with Crippen LogP contribution in [0.15, 0.2) is 4.42 Å². The molecule has 6 nitrogen and oxygen atoms in total. The monoisotopic (exact) mass is 269 g/mol. The summed E-state index contributed by atoms with van der Waals surface area (Å²) < 4.78 is 5.35. The van der Waals surface area contributed by atoms with Crippen LogP contribution in [0.25, 0.3) is 0 Å². The van der Waals surface area contributed by atoms with Crippen LogP contribution < -0.4 is 10.6 Å². The van der Waals surface area contributed by atoms with Crippen LogP contribution in [-0.2, 0) is 6.54 Å². The van der Waals surface area contributed by atoms with Gasteiger partial charge in [0.25, 0.3) is 0 Å². The molecule has 0 aromatic carbocycles. The summed E-state index contributed by atoms with van der Waals surface area (Å²) in [7, 11) is 0. The Bertz CT molecular complexity index is 405. The smallest absolute Gasteiger partial charge is 0.315 e. The molecule has 0 aliphatic carbocycles. The highest BCUT2D eigenvalue weighted by atomic mass is 16.4. The zero-order valence-electron chi connectivity index (χ0n) is 12.0. The van der Waals surface area contributed by atoms with Gasteiger partial charge in [-0.2, -0.15) is 0 Å². The second-order valence-corrected chi connectivity index (χ2v) is 4.72. The lowest BCUT2D eigenvalue weighted by Gasteiger charge is -2.25. The Labute approximate surface area is 113 Å². The first-order valence-electron chi connectivity index (χ1n) is 6.57. The SMILES string of the molecule is CCC(O)(CC)CNC(=O)NCc1nc(C)c(C)o1. The predicted octanol–water partition coefficient (Wildman–Crippen LogP) is 1.64. The van der Waals surface area contributed by atoms with Gasteiger partial charge in [-0.05, 0) is 26.7 Å². The second-order valence-electron chi connectivity index (χ2n) is 4.72. The summed E-state index contributed by atoms with van der Waals surface area (Å²) in [5.41, 5.74) is -0.0171. The zero-order valence-corrected chi connectivity index (χ0v) is 12.0. The summed E-state index contributed by atoms with van der Waals surface area (Å²) >= 11 is 0. The molecule has 0 radical (unpaired) electrons. The molecular formula is C13H23N3O3. The number of nitrogens with zero attached hydrogens (tertiary/aromatic N) is 1. The molecule has 2 amide bonds. The quantitative estimate of drug-likeness (QED) is 0.732. The van der Waals surface area contributed by atoms with Gasteiger partial charge in [0.15, 0.2) is 0 Å². The first-order valence-corrected chi connectivity index (χ1v) is 6.57. The molecule has 0 bridgehead atoms. The van der Waals surface area contributed by atoms with Crippen LogP contribution in [0.3, 0.4) is 0 Å². The Balaban J connectivity index is 2.36. The van der Waals surface area contributed by atoms with Gasteiger partial charge >= 0.3 is 6.03 Å². The number of aromatic nitrogens is 1. The fourth-order valence-electron chi connectivity index (χ4n) is 1.58. The van der Waals surface area contributed by atoms with Crippen molar-refractivity contribution in [3.63, 3.8) is 0 Å². The molecule has 0 saturated carbocycles. The van der Waals surface area contributed by atoms with Crippen molar-refractivity contribution in [3.8, 4) is 0 Å². The molecule has 6 heteroatoms. The Morgan fingerprint density at radius 2 is 1.95 bits per heavy atom. The van der Waals surface area contributed by atoms with Crippen molar-refractivity contribution in [1.29, 1.82) is 0 Å². The standard InChI is InChI=1S/C13H23N3O3/c1-5-13(18,6-2)8-15-12(17)14-7-11-16-9(3)10(4)19-11/h18H,5-8H2,1-4H3,(H2,14,15,17). The number of nitrogens with one attached hydrogen (secondary N) is 2. The maximum atomic E-state index is 11.6. The number of aryl methyl sites for hydroxylation is 2. The topological polar surface area (TPSA) is 87.4 Å². The van der Waals surface area contributed by atoms with Gasteiger partial charge < -0.3 is 20.2 Å². The molecule has 0 unspecified atom stereocenters. The van der Waals surface area contributed by atoms with E-state index in [1.807, 2.05) is 27.7 Å². The summed E-state index contributed by atoms with van der Waals surface area (Å²) in [6, 6.07) is -0.339. The number of carbonyl (C=O) groups is 1. The molecule has 3 N–H and O–H groups in total. The third-order valence-corrected chi connectivity index (χ3v) is 3.37. The number of hydrogen-bond acceptors (Lipinski definition) is 4. The van der Waals surface area contributed by atoms with Crippen molar-refractivity contribution in [2.75, 3.05) is 6.54 Å². The van der Waals surface area contributed by atoms with Gasteiger partial charge in [0, 0.05) is 6.54 Å². The average Bonchev–Trinajstić information content (AvgIpc) is 2.73. The lowest BCUT2D eigenvalue weighted by molar-refractivity contribution is 0.0349. The Hall–Kier alpha value is -1.56. The minimum Gasteiger partial charge on any atom is -0.444 e. The summed E-state index contributed by atoms with van der Waals surface area (Å²) in [4.78, 5) is 15.7. The number of aliphatic hydroxyl groups is 1. The van der Waals surface area contributed by atoms with Gasteiger partial charge in [-0.3, -0.25) is 0 Å². The highest BCUT2D eigenvalue weighted by Crippen LogP contribution is 2.12. The number of amides is 2. The minimum atomic E-state index is -0.840. The molecule has 0 atom stereocenters. The maximum Gasteiger partial charge on any atom is 0.315 e. The van der Waals surface area contributed by atoms with Gasteiger partial charge in [-0.25, -0.2) is 9.78 Å². The average molecular weight is 269 g/mol. The van der Waals surface area contributed by atoms with Crippen LogP contribution >= 0.6 is 0 Å². The lowest BCUT2D eigenvalue weighted by Crippen LogP contribution is -2.45. The number of carbonyl (C=O) groups excluding carboxylic acids is 1. The third-order valence-electron chi connectivity index (χ3n) is 3.37. The number of urea groups is 1. The van der Waals surface area contributed by atoms with E-state index < -0.39 is 5.60 Å². The van der Waals surface area contributed by atoms with Crippen LogP contribution in [0.4, 0.5) is 4.79 Å². The summed E-state index contributed by atoms with van der Waals surface area (Å²) in [5.74, 6) is 1.23. The van der Waals surface area contributed by atoms with E-state index >= 15 is 0 Å². The van der Waals surface area contributed by atoms with Gasteiger partial charge in [0.2, 0.25) is 5.89 Å². The third kappa shape index (κ3) is 4.55. The highest BCUT2D eigenvalue weighted by Gasteiger charge is 2.22. The van der Waals surface area contributed by atoms with E-state index in [1.54, 1.807) is 0 Å². The van der Waals surface area contributed by atoms with E-state index in [9.17, 15) is 9.90 Å². The summed E-state index contributed by atoms with van der Waals surface area (Å²) in [6.45, 7) is 7.93. The van der Waals surface area contributed by atoms with Crippen molar-refractivity contribution >= 4 is 6.03 Å². The fraction of sp³-hybridized carbons (Fsp3) is 0.692. The van der Waals surface area contributed by atoms with Gasteiger partial charge in [-0.1, -0.05) is 13.8 Å². The Morgan fingerprint density at radius 1 is 1.32 bits per heavy atom. The molecule has 108 valence electrons. The van der Waals surface area contributed by atoms with Crippen molar-refractivity contribution < 1.29 is 14.3 Å². The normalized spacial score (nSPS) is 11.4. The predicted molar refractivity (Wildman–Crippen MR) is 71.7 cm³/mol. The van der Waals surface area contributed by atoms with Crippen LogP contribution in [0, 0.1) is 13.8 Å². The maximum absolute atomic E-state index is 11.6. The molecule has 0 aliphatic heterocycles. The van der Waals surface area contributed by atoms with Crippen LogP contribution in [0.1, 0.15) is 44.0 Å². The molecule has 0 fully saturated rings. The number of oxazole rings is 1. The molecule has 1 rings (SSSR count). The van der Waals surface area contributed by atoms with E-state index in [2.05, 4.69) is 15.6 Å². The van der Waals surface area contributed by atoms with Crippen molar-refractivity contribution in [2.24, 2.45) is 0 Å². The first-order chi connectivity index (χ1) is 8.90. The van der Waals surface area contributed by atoms with Gasteiger partial charge in [-0.15, -0.1) is 0 Å². The molecule has 1 heterocycles. The zero-order chi connectivity index (χ0) is 14.5.